The Kier molecular flexibility index (Phi) is 3.91. The van der Waals surface area contributed by atoms with Crippen LogP contribution in [0, 0.1) is 5.82 Å². The molecule has 0 radical (unpaired) electrons. The largest absolute Gasteiger partial charge is 0.416 e. The second kappa shape index (κ2) is 5.36. The van der Waals surface area contributed by atoms with Crippen LogP contribution in [0.3, 0.4) is 0 Å². The van der Waals surface area contributed by atoms with E-state index in [9.17, 15) is 27.5 Å². The fourth-order valence-corrected chi connectivity index (χ4v) is 2.08. The quantitative estimate of drug-likeness (QED) is 0.821. The molecule has 1 aromatic carbocycles. The number of hydrogen-bond donors (Lipinski definition) is 2. The summed E-state index contributed by atoms with van der Waals surface area (Å²) in [6.07, 6.45) is -5.11. The molecule has 1 amide bonds. The van der Waals surface area contributed by atoms with E-state index in [1.165, 1.54) is 6.92 Å². The third kappa shape index (κ3) is 3.15. The molecule has 0 aliphatic carbocycles. The van der Waals surface area contributed by atoms with E-state index in [-0.39, 0.29) is 5.70 Å². The van der Waals surface area contributed by atoms with Crippen molar-refractivity contribution in [1.82, 2.24) is 10.2 Å². The molecule has 0 saturated carbocycles. The first-order valence-electron chi connectivity index (χ1n) is 5.98. The first-order valence-corrected chi connectivity index (χ1v) is 5.98. The van der Waals surface area contributed by atoms with E-state index >= 15 is 0 Å². The van der Waals surface area contributed by atoms with Crippen molar-refractivity contribution >= 4 is 5.91 Å². The highest BCUT2D eigenvalue weighted by Gasteiger charge is 2.36. The molecule has 1 aromatic rings. The first kappa shape index (κ1) is 15.3. The summed E-state index contributed by atoms with van der Waals surface area (Å²) in [7, 11) is 0. The molecule has 8 heteroatoms. The van der Waals surface area contributed by atoms with E-state index in [4.69, 9.17) is 0 Å². The number of alkyl halides is 3. The second-order valence-electron chi connectivity index (χ2n) is 4.56. The van der Waals surface area contributed by atoms with Crippen LogP contribution >= 0.6 is 0 Å². The first-order chi connectivity index (χ1) is 9.70. The maximum absolute atomic E-state index is 13.8. The zero-order valence-electron chi connectivity index (χ0n) is 10.9. The lowest BCUT2D eigenvalue weighted by molar-refractivity contribution is -0.139. The van der Waals surface area contributed by atoms with Crippen LogP contribution in [0.25, 0.3) is 0 Å². The Morgan fingerprint density at radius 1 is 1.38 bits per heavy atom. The van der Waals surface area contributed by atoms with Crippen molar-refractivity contribution in [3.05, 3.63) is 46.9 Å². The number of nitrogens with zero attached hydrogens (tertiary/aromatic N) is 1. The van der Waals surface area contributed by atoms with Gasteiger partial charge in [-0.25, -0.2) is 4.39 Å². The predicted molar refractivity (Wildman–Crippen MR) is 64.9 cm³/mol. The minimum atomic E-state index is -4.71. The van der Waals surface area contributed by atoms with Crippen molar-refractivity contribution in [3.63, 3.8) is 0 Å². The lowest BCUT2D eigenvalue weighted by Crippen LogP contribution is -2.50. The predicted octanol–water partition coefficient (Wildman–Crippen LogP) is 1.96. The summed E-state index contributed by atoms with van der Waals surface area (Å²) in [5.41, 5.74) is -1.46. The van der Waals surface area contributed by atoms with Crippen molar-refractivity contribution in [3.8, 4) is 0 Å². The summed E-state index contributed by atoms with van der Waals surface area (Å²) in [4.78, 5) is 12.2. The number of nitrogens with one attached hydrogen (secondary N) is 1. The molecule has 1 heterocycles. The number of benzene rings is 1. The number of rotatable bonds is 2. The molecule has 0 saturated heterocycles. The van der Waals surface area contributed by atoms with Gasteiger partial charge >= 0.3 is 6.18 Å². The van der Waals surface area contributed by atoms with Gasteiger partial charge in [-0.15, -0.1) is 0 Å². The Balaban J connectivity index is 2.40. The number of aliphatic hydroxyl groups is 1. The molecule has 0 aromatic heterocycles. The SMILES string of the molecule is CC1=CC(=O)NC(O)N1Cc1c(F)cccc1C(F)(F)F. The van der Waals surface area contributed by atoms with Crippen molar-refractivity contribution in [2.75, 3.05) is 0 Å². The molecular formula is C13H12F4N2O2. The number of aliphatic hydroxyl groups excluding tert-OH is 1. The van der Waals surface area contributed by atoms with Crippen molar-refractivity contribution in [1.29, 1.82) is 0 Å². The fraction of sp³-hybridized carbons (Fsp3) is 0.308. The highest BCUT2D eigenvalue weighted by Crippen LogP contribution is 2.34. The van der Waals surface area contributed by atoms with Gasteiger partial charge in [0.2, 0.25) is 12.3 Å². The number of carbonyl (C=O) groups is 1. The summed E-state index contributed by atoms with van der Waals surface area (Å²) in [6, 6.07) is 2.66. The fourth-order valence-electron chi connectivity index (χ4n) is 2.08. The van der Waals surface area contributed by atoms with Gasteiger partial charge in [-0.1, -0.05) is 6.07 Å². The van der Waals surface area contributed by atoms with Gasteiger partial charge in [0.15, 0.2) is 0 Å². The third-order valence-corrected chi connectivity index (χ3v) is 3.11. The lowest BCUT2D eigenvalue weighted by Gasteiger charge is -2.34. The van der Waals surface area contributed by atoms with Gasteiger partial charge in [-0.2, -0.15) is 13.2 Å². The van der Waals surface area contributed by atoms with Crippen LogP contribution in [-0.4, -0.2) is 22.3 Å². The van der Waals surface area contributed by atoms with Crippen LogP contribution in [0.2, 0.25) is 0 Å². The van der Waals surface area contributed by atoms with E-state index in [2.05, 4.69) is 5.32 Å². The molecular weight excluding hydrogens is 292 g/mol. The Labute approximate surface area is 117 Å². The third-order valence-electron chi connectivity index (χ3n) is 3.11. The zero-order valence-corrected chi connectivity index (χ0v) is 10.9. The van der Waals surface area contributed by atoms with Gasteiger partial charge in [0, 0.05) is 17.3 Å². The van der Waals surface area contributed by atoms with Crippen molar-refractivity contribution < 1.29 is 27.5 Å². The molecule has 1 unspecified atom stereocenters. The van der Waals surface area contributed by atoms with Gasteiger partial charge in [0.25, 0.3) is 0 Å². The summed E-state index contributed by atoms with van der Waals surface area (Å²) < 4.78 is 52.5. The molecule has 0 spiro atoms. The monoisotopic (exact) mass is 304 g/mol. The highest BCUT2D eigenvalue weighted by molar-refractivity contribution is 5.88. The van der Waals surface area contributed by atoms with Gasteiger partial charge in [-0.3, -0.25) is 4.79 Å². The number of allylic oxidation sites excluding steroid dienone is 1. The van der Waals surface area contributed by atoms with E-state index in [0.29, 0.717) is 0 Å². The molecule has 4 nitrogen and oxygen atoms in total. The molecule has 2 rings (SSSR count). The van der Waals surface area contributed by atoms with Crippen LogP contribution < -0.4 is 5.32 Å². The van der Waals surface area contributed by atoms with Crippen molar-refractivity contribution in [2.45, 2.75) is 26.0 Å². The van der Waals surface area contributed by atoms with Crippen LogP contribution in [0.4, 0.5) is 17.6 Å². The number of hydrogen-bond acceptors (Lipinski definition) is 3. The Morgan fingerprint density at radius 3 is 2.62 bits per heavy atom. The molecule has 114 valence electrons. The molecule has 1 atom stereocenters. The maximum Gasteiger partial charge on any atom is 0.416 e. The molecule has 0 fully saturated rings. The van der Waals surface area contributed by atoms with Crippen LogP contribution in [0.5, 0.6) is 0 Å². The second-order valence-corrected chi connectivity index (χ2v) is 4.56. The molecule has 1 aliphatic rings. The smallest absolute Gasteiger partial charge is 0.356 e. The summed E-state index contributed by atoms with van der Waals surface area (Å²) in [5, 5.41) is 11.8. The van der Waals surface area contributed by atoms with Gasteiger partial charge in [0.1, 0.15) is 5.82 Å². The number of amides is 1. The van der Waals surface area contributed by atoms with E-state index in [1.54, 1.807) is 0 Å². The summed E-state index contributed by atoms with van der Waals surface area (Å²) in [6.45, 7) is 0.918. The highest BCUT2D eigenvalue weighted by atomic mass is 19.4. The standard InChI is InChI=1S/C13H12F4N2O2/c1-7-5-11(20)18-12(21)19(7)6-8-9(13(15,16)17)3-2-4-10(8)14/h2-5,12,21H,6H2,1H3,(H,18,20). The molecule has 21 heavy (non-hydrogen) atoms. The van der Waals surface area contributed by atoms with Gasteiger partial charge < -0.3 is 15.3 Å². The molecule has 1 aliphatic heterocycles. The maximum atomic E-state index is 13.8. The molecule has 0 bridgehead atoms. The average Bonchev–Trinajstić information content (AvgIpc) is 2.33. The number of carbonyl (C=O) groups excluding carboxylic acids is 1. The van der Waals surface area contributed by atoms with Gasteiger partial charge in [0.05, 0.1) is 12.1 Å². The van der Waals surface area contributed by atoms with E-state index in [1.807, 2.05) is 0 Å². The lowest BCUT2D eigenvalue weighted by atomic mass is 10.1. The topological polar surface area (TPSA) is 52.6 Å². The van der Waals surface area contributed by atoms with E-state index < -0.39 is 41.9 Å². The van der Waals surface area contributed by atoms with E-state index in [0.717, 1.165) is 29.2 Å². The number of halogens is 4. The minimum Gasteiger partial charge on any atom is -0.356 e. The Bertz CT molecular complexity index is 598. The van der Waals surface area contributed by atoms with Crippen molar-refractivity contribution in [2.24, 2.45) is 0 Å². The Morgan fingerprint density at radius 2 is 2.05 bits per heavy atom. The van der Waals surface area contributed by atoms with Crippen LogP contribution in [-0.2, 0) is 17.5 Å². The van der Waals surface area contributed by atoms with Gasteiger partial charge in [-0.05, 0) is 19.1 Å². The molecule has 2 N–H and O–H groups in total. The summed E-state index contributed by atoms with van der Waals surface area (Å²) in [5.74, 6) is -1.59. The average molecular weight is 304 g/mol. The minimum absolute atomic E-state index is 0.239. The van der Waals surface area contributed by atoms with Crippen LogP contribution in [0.1, 0.15) is 18.1 Å². The zero-order chi connectivity index (χ0) is 15.8. The van der Waals surface area contributed by atoms with Crippen LogP contribution in [0.15, 0.2) is 30.0 Å². The normalized spacial score (nSPS) is 19.3. The Hall–Kier alpha value is -2.09. The summed E-state index contributed by atoms with van der Waals surface area (Å²) >= 11 is 0.